The molecule has 25 heavy (non-hydrogen) atoms. The fraction of sp³-hybridized carbons (Fsp3) is 0.211. The van der Waals surface area contributed by atoms with E-state index in [0.717, 1.165) is 17.1 Å². The van der Waals surface area contributed by atoms with Crippen LogP contribution in [0.3, 0.4) is 0 Å². The number of methoxy groups -OCH3 is 3. The van der Waals surface area contributed by atoms with Crippen molar-refractivity contribution in [3.63, 3.8) is 0 Å². The second kappa shape index (κ2) is 10.5. The Morgan fingerprint density at radius 1 is 0.960 bits per heavy atom. The van der Waals surface area contributed by atoms with E-state index in [1.807, 2.05) is 24.3 Å². The first kappa shape index (κ1) is 20.7. The molecule has 0 aliphatic carbocycles. The zero-order valence-corrected chi connectivity index (χ0v) is 15.0. The van der Waals surface area contributed by atoms with Crippen LogP contribution in [0, 0.1) is 0 Å². The zero-order valence-electron chi connectivity index (χ0n) is 15.0. The molecule has 2 aromatic carbocycles. The Labute approximate surface area is 160 Å². The van der Waals surface area contributed by atoms with Crippen molar-refractivity contribution in [1.82, 2.24) is 0 Å². The molecule has 0 aliphatic heterocycles. The predicted octanol–water partition coefficient (Wildman–Crippen LogP) is 0.210. The van der Waals surface area contributed by atoms with E-state index < -0.39 is 0 Å². The van der Waals surface area contributed by atoms with Crippen LogP contribution in [-0.4, -0.2) is 27.2 Å². The quantitative estimate of drug-likeness (QED) is 0.413. The summed E-state index contributed by atoms with van der Waals surface area (Å²) in [5, 5.41) is 11.9. The topological polar surface area (TPSA) is 63.1 Å². The summed E-state index contributed by atoms with van der Waals surface area (Å²) in [5.41, 5.74) is 1.45. The van der Waals surface area contributed by atoms with Crippen LogP contribution in [0.25, 0.3) is 6.08 Å². The first-order valence-corrected chi connectivity index (χ1v) is 7.43. The Hall–Kier alpha value is -2.35. The second-order valence-corrected chi connectivity index (χ2v) is 4.92. The van der Waals surface area contributed by atoms with E-state index >= 15 is 0 Å². The third-order valence-electron chi connectivity index (χ3n) is 3.35. The molecule has 0 bridgehead atoms. The Bertz CT molecular complexity index is 727. The minimum absolute atomic E-state index is 0. The van der Waals surface area contributed by atoms with Crippen molar-refractivity contribution in [3.05, 3.63) is 54.1 Å². The average molecular weight is 333 g/mol. The van der Waals surface area contributed by atoms with Crippen molar-refractivity contribution in [2.45, 2.75) is 6.42 Å². The molecule has 6 heteroatoms. The monoisotopic (exact) mass is 333 g/mol. The maximum absolute atomic E-state index is 11.9. The van der Waals surface area contributed by atoms with Crippen molar-refractivity contribution in [2.24, 2.45) is 4.99 Å². The maximum atomic E-state index is 11.9. The van der Waals surface area contributed by atoms with Crippen molar-refractivity contribution >= 4 is 17.7 Å². The fourth-order valence-electron chi connectivity index (χ4n) is 2.10. The first-order chi connectivity index (χ1) is 11.7. The summed E-state index contributed by atoms with van der Waals surface area (Å²) in [7, 11) is 4.80. The summed E-state index contributed by atoms with van der Waals surface area (Å²) in [4.78, 5) is 4.04. The molecule has 126 valence electrons. The number of benzene rings is 2. The van der Waals surface area contributed by atoms with Gasteiger partial charge in [-0.25, -0.2) is 0 Å². The molecule has 0 spiro atoms. The van der Waals surface area contributed by atoms with Gasteiger partial charge in [-0.15, -0.1) is 0 Å². The van der Waals surface area contributed by atoms with Crippen LogP contribution in [0.4, 0.5) is 5.69 Å². The van der Waals surface area contributed by atoms with Crippen LogP contribution < -0.4 is 38.2 Å². The van der Waals surface area contributed by atoms with Gasteiger partial charge in [-0.1, -0.05) is 12.2 Å². The Kier molecular flexibility index (Phi) is 8.69. The standard InChI is InChI=1S/C19H21NO4.Li/c1-22-16-9-7-15(8-10-16)20-19(21)6-4-5-14-13-17(23-2)11-12-18(14)24-3;/h4-5,7-13H,6H2,1-3H3,(H,20,21);/q;+1/p-1/b5-4+;. The molecule has 5 nitrogen and oxygen atoms in total. The van der Waals surface area contributed by atoms with Gasteiger partial charge in [-0.3, -0.25) is 4.99 Å². The smallest absolute Gasteiger partial charge is 0.861 e. The van der Waals surface area contributed by atoms with Crippen molar-refractivity contribution in [3.8, 4) is 17.2 Å². The van der Waals surface area contributed by atoms with E-state index in [2.05, 4.69) is 4.99 Å². The van der Waals surface area contributed by atoms with Crippen molar-refractivity contribution in [2.75, 3.05) is 21.3 Å². The molecule has 2 aromatic rings. The minimum Gasteiger partial charge on any atom is -0.861 e. The summed E-state index contributed by atoms with van der Waals surface area (Å²) in [6.45, 7) is 0. The summed E-state index contributed by atoms with van der Waals surface area (Å²) in [6, 6.07) is 12.5. The SMILES string of the molecule is COc1ccc(N=C([O-])C/C=C/c2cc(OC)ccc2OC)cc1.[Li+]. The van der Waals surface area contributed by atoms with E-state index in [0.29, 0.717) is 11.4 Å². The van der Waals surface area contributed by atoms with Crippen molar-refractivity contribution < 1.29 is 38.2 Å². The van der Waals surface area contributed by atoms with E-state index in [1.165, 1.54) is 0 Å². The van der Waals surface area contributed by atoms with Gasteiger partial charge in [0, 0.05) is 5.56 Å². The summed E-state index contributed by atoms with van der Waals surface area (Å²) >= 11 is 0. The minimum atomic E-state index is -0.224. The third kappa shape index (κ3) is 6.22. The molecule has 0 aliphatic rings. The molecular weight excluding hydrogens is 313 g/mol. The van der Waals surface area contributed by atoms with Gasteiger partial charge in [-0.05, 0) is 54.8 Å². The van der Waals surface area contributed by atoms with Crippen LogP contribution in [-0.2, 0) is 0 Å². The summed E-state index contributed by atoms with van der Waals surface area (Å²) < 4.78 is 15.6. The fourth-order valence-corrected chi connectivity index (χ4v) is 2.10. The number of rotatable bonds is 7. The van der Waals surface area contributed by atoms with Crippen LogP contribution in [0.5, 0.6) is 17.2 Å². The van der Waals surface area contributed by atoms with Crippen LogP contribution >= 0.6 is 0 Å². The van der Waals surface area contributed by atoms with Gasteiger partial charge in [0.1, 0.15) is 17.2 Å². The molecule has 2 rings (SSSR count). The van der Waals surface area contributed by atoms with E-state index in [-0.39, 0.29) is 31.2 Å². The predicted molar refractivity (Wildman–Crippen MR) is 93.3 cm³/mol. The summed E-state index contributed by atoms with van der Waals surface area (Å²) in [5.74, 6) is 1.95. The molecule has 0 unspecified atom stereocenters. The average Bonchev–Trinajstić information content (AvgIpc) is 2.62. The van der Waals surface area contributed by atoms with Gasteiger partial charge in [0.25, 0.3) is 0 Å². The van der Waals surface area contributed by atoms with Crippen LogP contribution in [0.1, 0.15) is 12.0 Å². The van der Waals surface area contributed by atoms with Gasteiger partial charge in [0.2, 0.25) is 0 Å². The molecule has 0 fully saturated rings. The third-order valence-corrected chi connectivity index (χ3v) is 3.35. The molecule has 0 atom stereocenters. The van der Waals surface area contributed by atoms with Gasteiger partial charge >= 0.3 is 18.9 Å². The molecule has 0 N–H and O–H groups in total. The van der Waals surface area contributed by atoms with E-state index in [9.17, 15) is 5.11 Å². The number of aliphatic imine (C=N–C) groups is 1. The number of nitrogens with zero attached hydrogens (tertiary/aromatic N) is 1. The van der Waals surface area contributed by atoms with Gasteiger partial charge in [0.15, 0.2) is 0 Å². The largest absolute Gasteiger partial charge is 1.00 e. The van der Waals surface area contributed by atoms with E-state index in [1.54, 1.807) is 51.7 Å². The van der Waals surface area contributed by atoms with E-state index in [4.69, 9.17) is 14.2 Å². The van der Waals surface area contributed by atoms with Gasteiger partial charge in [-0.2, -0.15) is 0 Å². The van der Waals surface area contributed by atoms with Crippen molar-refractivity contribution in [1.29, 1.82) is 0 Å². The molecular formula is C19H20LiNO4. The first-order valence-electron chi connectivity index (χ1n) is 7.43. The molecule has 0 heterocycles. The van der Waals surface area contributed by atoms with Crippen LogP contribution in [0.2, 0.25) is 0 Å². The normalized spacial score (nSPS) is 11.1. The Morgan fingerprint density at radius 2 is 1.60 bits per heavy atom. The zero-order chi connectivity index (χ0) is 17.4. The Morgan fingerprint density at radius 3 is 2.20 bits per heavy atom. The van der Waals surface area contributed by atoms with Gasteiger partial charge < -0.3 is 19.3 Å². The summed E-state index contributed by atoms with van der Waals surface area (Å²) in [6.07, 6.45) is 3.78. The number of ether oxygens (including phenoxy) is 3. The molecule has 0 saturated carbocycles. The molecule has 0 saturated heterocycles. The number of hydrogen-bond acceptors (Lipinski definition) is 5. The Balaban J connectivity index is 0.00000312. The molecule has 0 amide bonds. The van der Waals surface area contributed by atoms with Crippen LogP contribution in [0.15, 0.2) is 53.5 Å². The molecule has 0 radical (unpaired) electrons. The maximum Gasteiger partial charge on any atom is 1.00 e. The molecule has 0 aromatic heterocycles. The van der Waals surface area contributed by atoms with Gasteiger partial charge in [0.05, 0.1) is 27.0 Å². The number of hydrogen-bond donors (Lipinski definition) is 0. The second-order valence-electron chi connectivity index (χ2n) is 4.92.